The van der Waals surface area contributed by atoms with E-state index in [1.54, 1.807) is 0 Å². The Morgan fingerprint density at radius 3 is 2.95 bits per heavy atom. The molecule has 0 amide bonds. The van der Waals surface area contributed by atoms with Crippen molar-refractivity contribution < 1.29 is 9.53 Å². The summed E-state index contributed by atoms with van der Waals surface area (Å²) in [6, 6.07) is 5.82. The number of likely N-dealkylation sites (N-methyl/N-ethyl adjacent to an activating group) is 1. The van der Waals surface area contributed by atoms with Gasteiger partial charge in [0.1, 0.15) is 5.75 Å². The number of benzene rings is 1. The van der Waals surface area contributed by atoms with E-state index in [4.69, 9.17) is 4.74 Å². The summed E-state index contributed by atoms with van der Waals surface area (Å²) in [5.74, 6) is 1.14. The Balaban J connectivity index is 1.50. The fourth-order valence-electron chi connectivity index (χ4n) is 3.09. The molecule has 0 aromatic heterocycles. The normalized spacial score (nSPS) is 18.0. The molecule has 0 atom stereocenters. The molecule has 1 aromatic carbocycles. The second kappa shape index (κ2) is 6.58. The molecule has 3 rings (SSSR count). The summed E-state index contributed by atoms with van der Waals surface area (Å²) in [6.45, 7) is 5.69. The molecule has 0 aliphatic carbocycles. The fraction of sp³-hybridized carbons (Fsp3) is 0.588. The van der Waals surface area contributed by atoms with Crippen LogP contribution >= 0.6 is 0 Å². The fourth-order valence-corrected chi connectivity index (χ4v) is 3.09. The lowest BCUT2D eigenvalue weighted by Crippen LogP contribution is -2.34. The van der Waals surface area contributed by atoms with Crippen LogP contribution in [0.5, 0.6) is 5.75 Å². The molecule has 4 heteroatoms. The van der Waals surface area contributed by atoms with Gasteiger partial charge in [0.05, 0.1) is 13.2 Å². The van der Waals surface area contributed by atoms with E-state index in [1.165, 1.54) is 31.5 Å². The number of Topliss-reactive ketones (excluding diaryl/α,β-unsaturated/α-hetero) is 1. The Bertz CT molecular complexity index is 510. The van der Waals surface area contributed by atoms with Crippen molar-refractivity contribution >= 4 is 5.78 Å². The van der Waals surface area contributed by atoms with Crippen molar-refractivity contribution in [3.8, 4) is 5.75 Å². The van der Waals surface area contributed by atoms with Crippen LogP contribution in [0.25, 0.3) is 0 Å². The molecular weight excluding hydrogens is 264 g/mol. The van der Waals surface area contributed by atoms with Crippen LogP contribution in [0, 0.1) is 0 Å². The molecule has 2 aliphatic rings. The van der Waals surface area contributed by atoms with Crippen molar-refractivity contribution in [3.05, 3.63) is 29.3 Å². The van der Waals surface area contributed by atoms with Crippen LogP contribution < -0.4 is 4.74 Å². The lowest BCUT2D eigenvalue weighted by atomic mass is 10.1. The number of ether oxygens (including phenoxy) is 1. The maximum atomic E-state index is 12.4. The van der Waals surface area contributed by atoms with E-state index in [2.05, 4.69) is 9.80 Å². The summed E-state index contributed by atoms with van der Waals surface area (Å²) in [5.41, 5.74) is 1.98. The zero-order valence-electron chi connectivity index (χ0n) is 12.8. The van der Waals surface area contributed by atoms with Crippen LogP contribution in [-0.2, 0) is 6.42 Å². The highest BCUT2D eigenvalue weighted by Crippen LogP contribution is 2.26. The van der Waals surface area contributed by atoms with Crippen LogP contribution in [0.4, 0.5) is 0 Å². The number of nitrogens with zero attached hydrogens (tertiary/aromatic N) is 2. The van der Waals surface area contributed by atoms with Crippen molar-refractivity contribution in [2.45, 2.75) is 19.3 Å². The second-order valence-electron chi connectivity index (χ2n) is 6.13. The minimum absolute atomic E-state index is 0.202. The summed E-state index contributed by atoms with van der Waals surface area (Å²) in [5, 5.41) is 0. The van der Waals surface area contributed by atoms with Crippen molar-refractivity contribution in [1.29, 1.82) is 0 Å². The van der Waals surface area contributed by atoms with Gasteiger partial charge in [-0.1, -0.05) is 0 Å². The van der Waals surface area contributed by atoms with Crippen LogP contribution in [0.2, 0.25) is 0 Å². The second-order valence-corrected chi connectivity index (χ2v) is 6.13. The summed E-state index contributed by atoms with van der Waals surface area (Å²) >= 11 is 0. The Morgan fingerprint density at radius 1 is 1.33 bits per heavy atom. The number of carbonyl (C=O) groups is 1. The quantitative estimate of drug-likeness (QED) is 0.748. The van der Waals surface area contributed by atoms with E-state index in [-0.39, 0.29) is 5.78 Å². The molecule has 1 aromatic rings. The van der Waals surface area contributed by atoms with Gasteiger partial charge < -0.3 is 9.64 Å². The van der Waals surface area contributed by atoms with Gasteiger partial charge in [-0.2, -0.15) is 0 Å². The number of hydrogen-bond acceptors (Lipinski definition) is 4. The van der Waals surface area contributed by atoms with Gasteiger partial charge in [-0.15, -0.1) is 0 Å². The van der Waals surface area contributed by atoms with E-state index in [0.29, 0.717) is 6.54 Å². The average Bonchev–Trinajstić information content (AvgIpc) is 3.15. The van der Waals surface area contributed by atoms with Crippen LogP contribution in [-0.4, -0.2) is 62.0 Å². The van der Waals surface area contributed by atoms with Crippen LogP contribution in [0.1, 0.15) is 28.8 Å². The number of rotatable bonds is 6. The minimum Gasteiger partial charge on any atom is -0.493 e. The van der Waals surface area contributed by atoms with Gasteiger partial charge in [-0.25, -0.2) is 0 Å². The van der Waals surface area contributed by atoms with Gasteiger partial charge in [0.15, 0.2) is 5.78 Å². The number of carbonyl (C=O) groups excluding carboxylic acids is 1. The molecule has 0 radical (unpaired) electrons. The third-order valence-electron chi connectivity index (χ3n) is 4.42. The van der Waals surface area contributed by atoms with Crippen LogP contribution in [0.3, 0.4) is 0 Å². The van der Waals surface area contributed by atoms with E-state index in [0.717, 1.165) is 37.4 Å². The first kappa shape index (κ1) is 14.5. The molecule has 0 spiro atoms. The highest BCUT2D eigenvalue weighted by molar-refractivity contribution is 5.98. The number of likely N-dealkylation sites (tertiary alicyclic amines) is 1. The van der Waals surface area contributed by atoms with Crippen molar-refractivity contribution in [2.75, 3.05) is 46.4 Å². The topological polar surface area (TPSA) is 32.8 Å². The molecular formula is C17H24N2O2. The predicted octanol–water partition coefficient (Wildman–Crippen LogP) is 1.83. The predicted molar refractivity (Wildman–Crippen MR) is 83.1 cm³/mol. The minimum atomic E-state index is 0.202. The highest BCUT2D eigenvalue weighted by atomic mass is 16.5. The SMILES string of the molecule is CN(CCN1CCCC1)CC(=O)c1ccc2c(c1)CCO2. The zero-order chi connectivity index (χ0) is 14.7. The Morgan fingerprint density at radius 2 is 2.14 bits per heavy atom. The number of fused-ring (bicyclic) bond motifs is 1. The molecule has 1 fully saturated rings. The summed E-state index contributed by atoms with van der Waals surface area (Å²) in [6.07, 6.45) is 3.56. The average molecular weight is 288 g/mol. The third-order valence-corrected chi connectivity index (χ3v) is 4.42. The lowest BCUT2D eigenvalue weighted by Gasteiger charge is -2.20. The maximum absolute atomic E-state index is 12.4. The monoisotopic (exact) mass is 288 g/mol. The summed E-state index contributed by atoms with van der Waals surface area (Å²) in [7, 11) is 2.03. The molecule has 0 N–H and O–H groups in total. The first-order valence-corrected chi connectivity index (χ1v) is 7.92. The zero-order valence-corrected chi connectivity index (χ0v) is 12.8. The van der Waals surface area contributed by atoms with Gasteiger partial charge in [0.25, 0.3) is 0 Å². The standard InChI is InChI=1S/C17H24N2O2/c1-18(9-10-19-7-2-3-8-19)13-16(20)14-4-5-17-15(12-14)6-11-21-17/h4-5,12H,2-3,6-11,13H2,1H3. The molecule has 21 heavy (non-hydrogen) atoms. The third kappa shape index (κ3) is 3.63. The Kier molecular flexibility index (Phi) is 4.56. The lowest BCUT2D eigenvalue weighted by molar-refractivity contribution is 0.0941. The largest absolute Gasteiger partial charge is 0.493 e. The van der Waals surface area contributed by atoms with Gasteiger partial charge >= 0.3 is 0 Å². The van der Waals surface area contributed by atoms with Gasteiger partial charge in [-0.3, -0.25) is 9.69 Å². The smallest absolute Gasteiger partial charge is 0.176 e. The molecule has 114 valence electrons. The highest BCUT2D eigenvalue weighted by Gasteiger charge is 2.17. The molecule has 0 saturated carbocycles. The first-order chi connectivity index (χ1) is 10.2. The van der Waals surface area contributed by atoms with E-state index in [9.17, 15) is 4.79 Å². The molecule has 0 bridgehead atoms. The van der Waals surface area contributed by atoms with Crippen molar-refractivity contribution in [2.24, 2.45) is 0 Å². The number of hydrogen-bond donors (Lipinski definition) is 0. The Labute approximate surface area is 126 Å². The molecule has 2 heterocycles. The van der Waals surface area contributed by atoms with E-state index >= 15 is 0 Å². The molecule has 2 aliphatic heterocycles. The molecule has 1 saturated heterocycles. The van der Waals surface area contributed by atoms with Gasteiger partial charge in [0, 0.05) is 25.1 Å². The first-order valence-electron chi connectivity index (χ1n) is 7.92. The number of ketones is 1. The van der Waals surface area contributed by atoms with Crippen molar-refractivity contribution in [3.63, 3.8) is 0 Å². The van der Waals surface area contributed by atoms with Crippen molar-refractivity contribution in [1.82, 2.24) is 9.80 Å². The summed E-state index contributed by atoms with van der Waals surface area (Å²) in [4.78, 5) is 17.0. The molecule has 0 unspecified atom stereocenters. The van der Waals surface area contributed by atoms with E-state index < -0.39 is 0 Å². The van der Waals surface area contributed by atoms with Gasteiger partial charge in [-0.05, 0) is 56.7 Å². The van der Waals surface area contributed by atoms with Crippen LogP contribution in [0.15, 0.2) is 18.2 Å². The summed E-state index contributed by atoms with van der Waals surface area (Å²) < 4.78 is 5.48. The van der Waals surface area contributed by atoms with E-state index in [1.807, 2.05) is 25.2 Å². The maximum Gasteiger partial charge on any atom is 0.176 e. The van der Waals surface area contributed by atoms with Gasteiger partial charge in [0.2, 0.25) is 0 Å². The Hall–Kier alpha value is -1.39. The molecule has 4 nitrogen and oxygen atoms in total.